The van der Waals surface area contributed by atoms with Crippen LogP contribution in [0.25, 0.3) is 0 Å². The van der Waals surface area contributed by atoms with Crippen molar-refractivity contribution < 1.29 is 9.66 Å². The van der Waals surface area contributed by atoms with Gasteiger partial charge in [-0.3, -0.25) is 10.1 Å². The molecule has 0 saturated heterocycles. The predicted molar refractivity (Wildman–Crippen MR) is 81.6 cm³/mol. The van der Waals surface area contributed by atoms with Gasteiger partial charge in [-0.1, -0.05) is 31.2 Å². The van der Waals surface area contributed by atoms with Crippen LogP contribution in [0.2, 0.25) is 0 Å². The molecule has 0 saturated carbocycles. The number of rotatable bonds is 5. The molecule has 110 valence electrons. The average molecular weight is 286 g/mol. The monoisotopic (exact) mass is 286 g/mol. The van der Waals surface area contributed by atoms with E-state index in [1.807, 2.05) is 38.1 Å². The molecule has 0 amide bonds. The number of ether oxygens (including phenoxy) is 1. The third kappa shape index (κ3) is 3.38. The van der Waals surface area contributed by atoms with E-state index in [2.05, 4.69) is 0 Å². The Labute approximate surface area is 123 Å². The number of nitro benzene ring substituents is 1. The molecule has 0 heterocycles. The summed E-state index contributed by atoms with van der Waals surface area (Å²) < 4.78 is 5.74. The number of hydrogen-bond acceptors (Lipinski definition) is 4. The van der Waals surface area contributed by atoms with Crippen molar-refractivity contribution in [1.82, 2.24) is 0 Å². The Morgan fingerprint density at radius 3 is 2.57 bits per heavy atom. The van der Waals surface area contributed by atoms with Gasteiger partial charge < -0.3 is 10.5 Å². The summed E-state index contributed by atoms with van der Waals surface area (Å²) in [7, 11) is 0. The van der Waals surface area contributed by atoms with Crippen LogP contribution in [0.4, 0.5) is 5.69 Å². The quantitative estimate of drug-likeness (QED) is 0.666. The van der Waals surface area contributed by atoms with E-state index < -0.39 is 4.92 Å². The van der Waals surface area contributed by atoms with Gasteiger partial charge in [-0.2, -0.15) is 0 Å². The Morgan fingerprint density at radius 2 is 1.95 bits per heavy atom. The smallest absolute Gasteiger partial charge is 0.311 e. The van der Waals surface area contributed by atoms with Gasteiger partial charge in [-0.25, -0.2) is 0 Å². The molecule has 2 aromatic rings. The van der Waals surface area contributed by atoms with Gasteiger partial charge in [-0.15, -0.1) is 0 Å². The molecule has 0 aromatic heterocycles. The molecule has 21 heavy (non-hydrogen) atoms. The van der Waals surface area contributed by atoms with Crippen molar-refractivity contribution >= 4 is 5.69 Å². The molecule has 0 aliphatic rings. The summed E-state index contributed by atoms with van der Waals surface area (Å²) in [5.41, 5.74) is 7.57. The number of benzene rings is 2. The lowest BCUT2D eigenvalue weighted by atomic mass is 10.1. The molecule has 5 nitrogen and oxygen atoms in total. The van der Waals surface area contributed by atoms with Crippen LogP contribution in [0.1, 0.15) is 31.0 Å². The molecule has 2 rings (SSSR count). The topological polar surface area (TPSA) is 78.4 Å². The molecule has 2 N–H and O–H groups in total. The standard InChI is InChI=1S/C16H18N2O3/c1-3-12-8-9-16(14(10-12)18(19)20)21-15-7-5-4-6-13(15)11(2)17/h4-11H,3,17H2,1-2H3/t11-/m0/s1. The SMILES string of the molecule is CCc1ccc(Oc2ccccc2[C@H](C)N)c([N+](=O)[O-])c1. The van der Waals surface area contributed by atoms with Crippen LogP contribution in [0, 0.1) is 10.1 Å². The summed E-state index contributed by atoms with van der Waals surface area (Å²) in [5.74, 6) is 0.769. The first-order valence-corrected chi connectivity index (χ1v) is 6.82. The van der Waals surface area contributed by atoms with Gasteiger partial charge in [0.05, 0.1) is 4.92 Å². The van der Waals surface area contributed by atoms with Gasteiger partial charge in [0.15, 0.2) is 0 Å². The second-order valence-electron chi connectivity index (χ2n) is 4.84. The first-order chi connectivity index (χ1) is 10.0. The van der Waals surface area contributed by atoms with Crippen molar-refractivity contribution in [3.05, 3.63) is 63.7 Å². The van der Waals surface area contributed by atoms with Crippen molar-refractivity contribution in [1.29, 1.82) is 0 Å². The minimum absolute atomic E-state index is 0.0335. The number of nitro groups is 1. The lowest BCUT2D eigenvalue weighted by Crippen LogP contribution is -2.06. The molecule has 0 aliphatic carbocycles. The van der Waals surface area contributed by atoms with Crippen LogP contribution in [0.5, 0.6) is 11.5 Å². The Balaban J connectivity index is 2.42. The first-order valence-electron chi connectivity index (χ1n) is 6.82. The number of nitrogens with two attached hydrogens (primary N) is 1. The van der Waals surface area contributed by atoms with E-state index >= 15 is 0 Å². The zero-order chi connectivity index (χ0) is 15.4. The molecular weight excluding hydrogens is 268 g/mol. The third-order valence-electron chi connectivity index (χ3n) is 3.26. The Morgan fingerprint density at radius 1 is 1.24 bits per heavy atom. The molecule has 2 aromatic carbocycles. The second kappa shape index (κ2) is 6.37. The van der Waals surface area contributed by atoms with E-state index in [1.54, 1.807) is 18.2 Å². The highest BCUT2D eigenvalue weighted by atomic mass is 16.6. The Bertz CT molecular complexity index is 654. The molecule has 0 unspecified atom stereocenters. The van der Waals surface area contributed by atoms with Gasteiger partial charge in [0.2, 0.25) is 5.75 Å². The minimum atomic E-state index is -0.428. The summed E-state index contributed by atoms with van der Waals surface area (Å²) in [6.45, 7) is 3.79. The van der Waals surface area contributed by atoms with E-state index in [9.17, 15) is 10.1 Å². The maximum atomic E-state index is 11.2. The summed E-state index contributed by atoms with van der Waals surface area (Å²) >= 11 is 0. The second-order valence-corrected chi connectivity index (χ2v) is 4.84. The molecule has 5 heteroatoms. The summed E-state index contributed by atoms with van der Waals surface area (Å²) in [6, 6.07) is 12.1. The zero-order valence-corrected chi connectivity index (χ0v) is 12.1. The molecule has 1 atom stereocenters. The maximum Gasteiger partial charge on any atom is 0.311 e. The van der Waals surface area contributed by atoms with Gasteiger partial charge in [0.1, 0.15) is 5.75 Å². The van der Waals surface area contributed by atoms with Crippen LogP contribution in [0.3, 0.4) is 0 Å². The predicted octanol–water partition coefficient (Wildman–Crippen LogP) is 3.97. The molecule has 0 fully saturated rings. The van der Waals surface area contributed by atoms with Crippen LogP contribution >= 0.6 is 0 Å². The van der Waals surface area contributed by atoms with Crippen LogP contribution in [0.15, 0.2) is 42.5 Å². The molecule has 0 radical (unpaired) electrons. The van der Waals surface area contributed by atoms with E-state index in [0.717, 1.165) is 17.5 Å². The van der Waals surface area contributed by atoms with Crippen molar-refractivity contribution in [2.45, 2.75) is 26.3 Å². The summed E-state index contributed by atoms with van der Waals surface area (Å²) in [5, 5.41) is 11.2. The molecule has 0 bridgehead atoms. The summed E-state index contributed by atoms with van der Waals surface area (Å²) in [4.78, 5) is 10.8. The fraction of sp³-hybridized carbons (Fsp3) is 0.250. The highest BCUT2D eigenvalue weighted by Gasteiger charge is 2.18. The normalized spacial score (nSPS) is 12.0. The van der Waals surface area contributed by atoms with Crippen molar-refractivity contribution in [3.8, 4) is 11.5 Å². The van der Waals surface area contributed by atoms with E-state index in [4.69, 9.17) is 10.5 Å². The number of aryl methyl sites for hydroxylation is 1. The van der Waals surface area contributed by atoms with E-state index in [0.29, 0.717) is 5.75 Å². The van der Waals surface area contributed by atoms with Gasteiger partial charge >= 0.3 is 5.69 Å². The molecular formula is C16H18N2O3. The fourth-order valence-corrected chi connectivity index (χ4v) is 2.08. The van der Waals surface area contributed by atoms with Crippen LogP contribution in [-0.4, -0.2) is 4.92 Å². The number of nitrogens with zero attached hydrogens (tertiary/aromatic N) is 1. The lowest BCUT2D eigenvalue weighted by molar-refractivity contribution is -0.385. The first kappa shape index (κ1) is 15.0. The number of para-hydroxylation sites is 1. The third-order valence-corrected chi connectivity index (χ3v) is 3.26. The molecule has 0 aliphatic heterocycles. The van der Waals surface area contributed by atoms with E-state index in [-0.39, 0.29) is 17.5 Å². The lowest BCUT2D eigenvalue weighted by Gasteiger charge is -2.13. The highest BCUT2D eigenvalue weighted by molar-refractivity contribution is 5.51. The van der Waals surface area contributed by atoms with Crippen molar-refractivity contribution in [2.75, 3.05) is 0 Å². The fourth-order valence-electron chi connectivity index (χ4n) is 2.08. The van der Waals surface area contributed by atoms with Gasteiger partial charge in [0, 0.05) is 17.7 Å². The Hall–Kier alpha value is -2.40. The maximum absolute atomic E-state index is 11.2. The van der Waals surface area contributed by atoms with Crippen LogP contribution in [-0.2, 0) is 6.42 Å². The molecule has 0 spiro atoms. The van der Waals surface area contributed by atoms with E-state index in [1.165, 1.54) is 0 Å². The summed E-state index contributed by atoms with van der Waals surface area (Å²) in [6.07, 6.45) is 0.734. The van der Waals surface area contributed by atoms with Crippen molar-refractivity contribution in [3.63, 3.8) is 0 Å². The minimum Gasteiger partial charge on any atom is -0.450 e. The zero-order valence-electron chi connectivity index (χ0n) is 12.1. The largest absolute Gasteiger partial charge is 0.450 e. The number of hydrogen-bond donors (Lipinski definition) is 1. The Kier molecular flexibility index (Phi) is 4.55. The van der Waals surface area contributed by atoms with Gasteiger partial charge in [-0.05, 0) is 31.0 Å². The average Bonchev–Trinajstić information content (AvgIpc) is 2.47. The van der Waals surface area contributed by atoms with Crippen LogP contribution < -0.4 is 10.5 Å². The van der Waals surface area contributed by atoms with Crippen molar-refractivity contribution in [2.24, 2.45) is 5.73 Å². The van der Waals surface area contributed by atoms with Gasteiger partial charge in [0.25, 0.3) is 0 Å². The highest BCUT2D eigenvalue weighted by Crippen LogP contribution is 2.35.